The lowest BCUT2D eigenvalue weighted by Crippen LogP contribution is -2.06. The molecule has 13 heavy (non-hydrogen) atoms. The van der Waals surface area contributed by atoms with Crippen molar-refractivity contribution in [3.05, 3.63) is 29.3 Å². The van der Waals surface area contributed by atoms with Crippen molar-refractivity contribution in [3.63, 3.8) is 0 Å². The average molecular weight is 202 g/mol. The Bertz CT molecular complexity index is 263. The molecule has 1 aromatic rings. The Hall–Kier alpha value is -0.730. The summed E-state index contributed by atoms with van der Waals surface area (Å²) in [5, 5.41) is 3.11. The number of rotatable bonds is 3. The number of halogens is 1. The van der Waals surface area contributed by atoms with Crippen LogP contribution in [0.3, 0.4) is 0 Å². The first-order chi connectivity index (χ1) is 5.77. The zero-order chi connectivity index (χ0) is 8.97. The molecule has 0 spiro atoms. The molecule has 3 heteroatoms. The summed E-state index contributed by atoms with van der Waals surface area (Å²) in [7, 11) is 3.63. The number of aryl methyl sites for hydroxylation is 1. The van der Waals surface area contributed by atoms with E-state index in [1.807, 2.05) is 13.1 Å². The number of benzene rings is 1. The molecular weight excluding hydrogens is 186 g/mol. The van der Waals surface area contributed by atoms with Gasteiger partial charge in [-0.05, 0) is 20.0 Å². The molecule has 0 aliphatic rings. The molecule has 0 saturated carbocycles. The summed E-state index contributed by atoms with van der Waals surface area (Å²) in [5.41, 5.74) is 2.47. The standard InChI is InChI=1S/C10H15NO.ClH/c1-8-4-5-10(12-3)9(6-8)7-11-2;/h4-6,11H,7H2,1-3H3;1H. The summed E-state index contributed by atoms with van der Waals surface area (Å²) in [6, 6.07) is 6.19. The van der Waals surface area contributed by atoms with Crippen LogP contribution in [0, 0.1) is 6.92 Å². The summed E-state index contributed by atoms with van der Waals surface area (Å²) in [6.45, 7) is 2.93. The van der Waals surface area contributed by atoms with Gasteiger partial charge in [0.1, 0.15) is 5.75 Å². The summed E-state index contributed by atoms with van der Waals surface area (Å²) < 4.78 is 5.21. The van der Waals surface area contributed by atoms with E-state index in [1.54, 1.807) is 7.11 Å². The minimum Gasteiger partial charge on any atom is -0.496 e. The lowest BCUT2D eigenvalue weighted by molar-refractivity contribution is 0.408. The molecule has 1 rings (SSSR count). The first-order valence-electron chi connectivity index (χ1n) is 4.06. The highest BCUT2D eigenvalue weighted by molar-refractivity contribution is 5.85. The number of hydrogen-bond acceptors (Lipinski definition) is 2. The van der Waals surface area contributed by atoms with Gasteiger partial charge in [-0.1, -0.05) is 17.7 Å². The molecular formula is C10H16ClNO. The lowest BCUT2D eigenvalue weighted by Gasteiger charge is -2.08. The molecule has 0 aliphatic carbocycles. The molecule has 1 N–H and O–H groups in total. The van der Waals surface area contributed by atoms with Gasteiger partial charge in [0.2, 0.25) is 0 Å². The second-order valence-corrected chi connectivity index (χ2v) is 2.85. The van der Waals surface area contributed by atoms with Crippen molar-refractivity contribution >= 4 is 12.4 Å². The number of hydrogen-bond donors (Lipinski definition) is 1. The molecule has 0 unspecified atom stereocenters. The van der Waals surface area contributed by atoms with E-state index in [0.717, 1.165) is 12.3 Å². The predicted molar refractivity (Wildman–Crippen MR) is 57.7 cm³/mol. The van der Waals surface area contributed by atoms with Gasteiger partial charge in [-0.15, -0.1) is 12.4 Å². The van der Waals surface area contributed by atoms with Crippen molar-refractivity contribution < 1.29 is 4.74 Å². The largest absolute Gasteiger partial charge is 0.496 e. The van der Waals surface area contributed by atoms with Crippen LogP contribution in [0.25, 0.3) is 0 Å². The molecule has 0 aromatic heterocycles. The number of nitrogens with one attached hydrogen (secondary N) is 1. The highest BCUT2D eigenvalue weighted by atomic mass is 35.5. The Kier molecular flexibility index (Phi) is 5.51. The van der Waals surface area contributed by atoms with E-state index < -0.39 is 0 Å². The van der Waals surface area contributed by atoms with Crippen LogP contribution in [0.4, 0.5) is 0 Å². The van der Waals surface area contributed by atoms with Gasteiger partial charge in [0, 0.05) is 12.1 Å². The topological polar surface area (TPSA) is 21.3 Å². The van der Waals surface area contributed by atoms with E-state index in [9.17, 15) is 0 Å². The Labute approximate surface area is 85.7 Å². The lowest BCUT2D eigenvalue weighted by atomic mass is 10.1. The van der Waals surface area contributed by atoms with Gasteiger partial charge in [-0.2, -0.15) is 0 Å². The van der Waals surface area contributed by atoms with Crippen LogP contribution in [-0.2, 0) is 6.54 Å². The maximum atomic E-state index is 5.21. The van der Waals surface area contributed by atoms with Crippen molar-refractivity contribution in [2.75, 3.05) is 14.2 Å². The van der Waals surface area contributed by atoms with Gasteiger partial charge in [-0.25, -0.2) is 0 Å². The Morgan fingerprint density at radius 3 is 2.62 bits per heavy atom. The van der Waals surface area contributed by atoms with E-state index in [4.69, 9.17) is 4.74 Å². The zero-order valence-electron chi connectivity index (χ0n) is 8.26. The molecule has 0 bridgehead atoms. The van der Waals surface area contributed by atoms with Gasteiger partial charge in [-0.3, -0.25) is 0 Å². The molecule has 0 atom stereocenters. The predicted octanol–water partition coefficient (Wildman–Crippen LogP) is 2.14. The molecule has 2 nitrogen and oxygen atoms in total. The smallest absolute Gasteiger partial charge is 0.123 e. The minimum absolute atomic E-state index is 0. The third-order valence-electron chi connectivity index (χ3n) is 1.80. The van der Waals surface area contributed by atoms with Crippen LogP contribution in [0.5, 0.6) is 5.75 Å². The average Bonchev–Trinajstić information content (AvgIpc) is 2.05. The van der Waals surface area contributed by atoms with Gasteiger partial charge in [0.15, 0.2) is 0 Å². The highest BCUT2D eigenvalue weighted by Crippen LogP contribution is 2.18. The minimum atomic E-state index is 0. The van der Waals surface area contributed by atoms with Crippen molar-refractivity contribution in [2.24, 2.45) is 0 Å². The fourth-order valence-corrected chi connectivity index (χ4v) is 1.24. The van der Waals surface area contributed by atoms with Crippen LogP contribution in [0.1, 0.15) is 11.1 Å². The highest BCUT2D eigenvalue weighted by Gasteiger charge is 2.00. The molecule has 0 saturated heterocycles. The van der Waals surface area contributed by atoms with Gasteiger partial charge >= 0.3 is 0 Å². The van der Waals surface area contributed by atoms with Crippen molar-refractivity contribution in [2.45, 2.75) is 13.5 Å². The fraction of sp³-hybridized carbons (Fsp3) is 0.400. The summed E-state index contributed by atoms with van der Waals surface area (Å²) in [4.78, 5) is 0. The summed E-state index contributed by atoms with van der Waals surface area (Å²) in [5.74, 6) is 0.954. The van der Waals surface area contributed by atoms with Crippen molar-refractivity contribution in [1.82, 2.24) is 5.32 Å². The van der Waals surface area contributed by atoms with Crippen LogP contribution >= 0.6 is 12.4 Å². The second kappa shape index (κ2) is 5.84. The van der Waals surface area contributed by atoms with Crippen molar-refractivity contribution in [3.8, 4) is 5.75 Å². The SMILES string of the molecule is CNCc1cc(C)ccc1OC.Cl. The Morgan fingerprint density at radius 1 is 1.38 bits per heavy atom. The van der Waals surface area contributed by atoms with Crippen LogP contribution in [0.15, 0.2) is 18.2 Å². The molecule has 0 fully saturated rings. The molecule has 0 radical (unpaired) electrons. The van der Waals surface area contributed by atoms with Crippen LogP contribution < -0.4 is 10.1 Å². The van der Waals surface area contributed by atoms with E-state index in [-0.39, 0.29) is 12.4 Å². The van der Waals surface area contributed by atoms with E-state index in [0.29, 0.717) is 0 Å². The molecule has 0 amide bonds. The van der Waals surface area contributed by atoms with E-state index in [2.05, 4.69) is 24.4 Å². The maximum absolute atomic E-state index is 5.21. The molecule has 0 heterocycles. The third-order valence-corrected chi connectivity index (χ3v) is 1.80. The van der Waals surface area contributed by atoms with Gasteiger partial charge in [0.05, 0.1) is 7.11 Å². The normalized spacial score (nSPS) is 9.15. The monoisotopic (exact) mass is 201 g/mol. The van der Waals surface area contributed by atoms with Gasteiger partial charge in [0.25, 0.3) is 0 Å². The quantitative estimate of drug-likeness (QED) is 0.809. The second-order valence-electron chi connectivity index (χ2n) is 2.85. The number of methoxy groups -OCH3 is 1. The summed E-state index contributed by atoms with van der Waals surface area (Å²) >= 11 is 0. The van der Waals surface area contributed by atoms with Crippen LogP contribution in [-0.4, -0.2) is 14.2 Å². The van der Waals surface area contributed by atoms with Gasteiger partial charge < -0.3 is 10.1 Å². The summed E-state index contributed by atoms with van der Waals surface area (Å²) in [6.07, 6.45) is 0. The maximum Gasteiger partial charge on any atom is 0.123 e. The fourth-order valence-electron chi connectivity index (χ4n) is 1.24. The Morgan fingerprint density at radius 2 is 2.08 bits per heavy atom. The molecule has 74 valence electrons. The first-order valence-corrected chi connectivity index (χ1v) is 4.06. The molecule has 1 aromatic carbocycles. The first kappa shape index (κ1) is 12.3. The van der Waals surface area contributed by atoms with Crippen LogP contribution in [0.2, 0.25) is 0 Å². The third kappa shape index (κ3) is 3.25. The van der Waals surface area contributed by atoms with E-state index in [1.165, 1.54) is 11.1 Å². The number of ether oxygens (including phenoxy) is 1. The Balaban J connectivity index is 0.00000144. The van der Waals surface area contributed by atoms with E-state index >= 15 is 0 Å². The molecule has 0 aliphatic heterocycles. The van der Waals surface area contributed by atoms with Crippen molar-refractivity contribution in [1.29, 1.82) is 0 Å². The zero-order valence-corrected chi connectivity index (χ0v) is 9.07.